The molecule has 2 N–H and O–H groups in total. The van der Waals surface area contributed by atoms with Crippen LogP contribution < -0.4 is 10.1 Å². The second-order valence-electron chi connectivity index (χ2n) is 8.97. The average Bonchev–Trinajstić information content (AvgIpc) is 3.12. The van der Waals surface area contributed by atoms with Crippen LogP contribution in [0.15, 0.2) is 41.1 Å². The molecule has 2 heterocycles. The zero-order valence-electron chi connectivity index (χ0n) is 18.2. The molecule has 1 amide bonds. The lowest BCUT2D eigenvalue weighted by molar-refractivity contribution is -0.00575. The van der Waals surface area contributed by atoms with E-state index in [0.717, 1.165) is 36.8 Å². The van der Waals surface area contributed by atoms with Crippen LogP contribution in [0.3, 0.4) is 0 Å². The number of ether oxygens (including phenoxy) is 1. The summed E-state index contributed by atoms with van der Waals surface area (Å²) in [5.41, 5.74) is 1.22. The maximum atomic E-state index is 12.9. The fourth-order valence-electron chi connectivity index (χ4n) is 4.26. The number of pyridine rings is 1. The molecule has 1 aliphatic carbocycles. The monoisotopic (exact) mass is 423 g/mol. The SMILES string of the molecule is Cc1noc2ccc(Oc3ncccc3C(=O)NCC3CCC(C(C)(C)O)CC3)cc12. The molecule has 3 aromatic rings. The summed E-state index contributed by atoms with van der Waals surface area (Å²) in [6.45, 7) is 6.24. The summed E-state index contributed by atoms with van der Waals surface area (Å²) in [4.78, 5) is 17.1. The van der Waals surface area contributed by atoms with Gasteiger partial charge in [0, 0.05) is 18.1 Å². The molecule has 0 atom stereocenters. The minimum Gasteiger partial charge on any atom is -0.438 e. The van der Waals surface area contributed by atoms with Gasteiger partial charge in [-0.1, -0.05) is 5.16 Å². The molecule has 0 bridgehead atoms. The quantitative estimate of drug-likeness (QED) is 0.600. The third-order valence-corrected chi connectivity index (χ3v) is 6.25. The fraction of sp³-hybridized carbons (Fsp3) is 0.458. The van der Waals surface area contributed by atoms with Gasteiger partial charge in [-0.05, 0) is 88.6 Å². The van der Waals surface area contributed by atoms with Gasteiger partial charge < -0.3 is 19.7 Å². The fourth-order valence-corrected chi connectivity index (χ4v) is 4.26. The number of benzene rings is 1. The van der Waals surface area contributed by atoms with Gasteiger partial charge in [0.2, 0.25) is 5.88 Å². The van der Waals surface area contributed by atoms with Gasteiger partial charge in [0.15, 0.2) is 5.58 Å². The van der Waals surface area contributed by atoms with Gasteiger partial charge in [-0.3, -0.25) is 4.79 Å². The largest absolute Gasteiger partial charge is 0.438 e. The van der Waals surface area contributed by atoms with Crippen LogP contribution in [0.2, 0.25) is 0 Å². The van der Waals surface area contributed by atoms with E-state index in [-0.39, 0.29) is 11.8 Å². The third kappa shape index (κ3) is 4.88. The predicted octanol–water partition coefficient (Wildman–Crippen LogP) is 4.63. The summed E-state index contributed by atoms with van der Waals surface area (Å²) in [6.07, 6.45) is 5.58. The van der Waals surface area contributed by atoms with Gasteiger partial charge in [0.05, 0.1) is 11.3 Å². The zero-order valence-corrected chi connectivity index (χ0v) is 18.2. The molecule has 7 nitrogen and oxygen atoms in total. The van der Waals surface area contributed by atoms with Crippen molar-refractivity contribution in [2.45, 2.75) is 52.1 Å². The number of amides is 1. The number of hydrogen-bond acceptors (Lipinski definition) is 6. The Morgan fingerprint density at radius 2 is 2.03 bits per heavy atom. The lowest BCUT2D eigenvalue weighted by Gasteiger charge is -2.35. The van der Waals surface area contributed by atoms with Gasteiger partial charge in [0.1, 0.15) is 11.3 Å². The van der Waals surface area contributed by atoms with Crippen molar-refractivity contribution in [1.82, 2.24) is 15.5 Å². The second-order valence-corrected chi connectivity index (χ2v) is 8.97. The smallest absolute Gasteiger partial charge is 0.256 e. The first-order chi connectivity index (χ1) is 14.8. The molecule has 7 heteroatoms. The van der Waals surface area contributed by atoms with Crippen molar-refractivity contribution in [2.24, 2.45) is 11.8 Å². The van der Waals surface area contributed by atoms with Crippen LogP contribution in [0.4, 0.5) is 0 Å². The maximum Gasteiger partial charge on any atom is 0.256 e. The first-order valence-corrected chi connectivity index (χ1v) is 10.8. The Morgan fingerprint density at radius 3 is 2.77 bits per heavy atom. The number of aryl methyl sites for hydroxylation is 1. The summed E-state index contributed by atoms with van der Waals surface area (Å²) >= 11 is 0. The number of fused-ring (bicyclic) bond motifs is 1. The van der Waals surface area contributed by atoms with E-state index < -0.39 is 5.60 Å². The molecule has 0 saturated heterocycles. The third-order valence-electron chi connectivity index (χ3n) is 6.25. The van der Waals surface area contributed by atoms with E-state index in [0.29, 0.717) is 35.3 Å². The van der Waals surface area contributed by atoms with Crippen LogP contribution in [0, 0.1) is 18.8 Å². The van der Waals surface area contributed by atoms with Crippen molar-refractivity contribution in [1.29, 1.82) is 0 Å². The summed E-state index contributed by atoms with van der Waals surface area (Å²) in [7, 11) is 0. The maximum absolute atomic E-state index is 12.9. The number of carbonyl (C=O) groups excluding carboxylic acids is 1. The molecule has 1 aliphatic rings. The Labute approximate surface area is 181 Å². The van der Waals surface area contributed by atoms with Crippen molar-refractivity contribution in [3.63, 3.8) is 0 Å². The molecule has 164 valence electrons. The number of hydrogen-bond donors (Lipinski definition) is 2. The van der Waals surface area contributed by atoms with Crippen molar-refractivity contribution < 1.29 is 19.2 Å². The van der Waals surface area contributed by atoms with Crippen LogP contribution in [0.1, 0.15) is 55.6 Å². The van der Waals surface area contributed by atoms with E-state index in [1.165, 1.54) is 0 Å². The molecule has 1 aromatic carbocycles. The molecule has 1 saturated carbocycles. The predicted molar refractivity (Wildman–Crippen MR) is 117 cm³/mol. The molecular formula is C24H29N3O4. The van der Waals surface area contributed by atoms with E-state index in [1.807, 2.05) is 26.8 Å². The van der Waals surface area contributed by atoms with E-state index >= 15 is 0 Å². The molecule has 0 radical (unpaired) electrons. The van der Waals surface area contributed by atoms with E-state index in [1.54, 1.807) is 30.5 Å². The van der Waals surface area contributed by atoms with Crippen molar-refractivity contribution in [3.8, 4) is 11.6 Å². The van der Waals surface area contributed by atoms with Crippen LogP contribution in [-0.4, -0.2) is 33.3 Å². The number of nitrogens with one attached hydrogen (secondary N) is 1. The number of carbonyl (C=O) groups is 1. The number of aromatic nitrogens is 2. The van der Waals surface area contributed by atoms with Gasteiger partial charge >= 0.3 is 0 Å². The molecule has 2 aromatic heterocycles. The summed E-state index contributed by atoms with van der Waals surface area (Å²) in [6, 6.07) is 8.83. The number of rotatable bonds is 6. The lowest BCUT2D eigenvalue weighted by Crippen LogP contribution is -2.37. The summed E-state index contributed by atoms with van der Waals surface area (Å²) in [5.74, 6) is 1.37. The molecular weight excluding hydrogens is 394 g/mol. The first-order valence-electron chi connectivity index (χ1n) is 10.8. The highest BCUT2D eigenvalue weighted by atomic mass is 16.5. The van der Waals surface area contributed by atoms with Gasteiger partial charge in [-0.25, -0.2) is 4.98 Å². The topological polar surface area (TPSA) is 97.5 Å². The molecule has 1 fully saturated rings. The molecule has 0 unspecified atom stereocenters. The van der Waals surface area contributed by atoms with E-state index in [2.05, 4.69) is 15.5 Å². The van der Waals surface area contributed by atoms with Crippen LogP contribution in [-0.2, 0) is 0 Å². The standard InChI is InChI=1S/C24H29N3O4/c1-15-20-13-18(10-11-21(20)31-27-15)30-23-19(5-4-12-25-23)22(28)26-14-16-6-8-17(9-7-16)24(2,3)29/h4-5,10-13,16-17,29H,6-9,14H2,1-3H3,(H,26,28). The minimum atomic E-state index is -0.635. The lowest BCUT2D eigenvalue weighted by atomic mass is 9.75. The highest BCUT2D eigenvalue weighted by Gasteiger charge is 2.31. The Bertz CT molecular complexity index is 1060. The van der Waals surface area contributed by atoms with Gasteiger partial charge in [-0.2, -0.15) is 0 Å². The van der Waals surface area contributed by atoms with Crippen LogP contribution >= 0.6 is 0 Å². The molecule has 0 spiro atoms. The molecule has 31 heavy (non-hydrogen) atoms. The first kappa shape index (κ1) is 21.3. The van der Waals surface area contributed by atoms with Crippen LogP contribution in [0.5, 0.6) is 11.6 Å². The van der Waals surface area contributed by atoms with Crippen LogP contribution in [0.25, 0.3) is 11.0 Å². The number of nitrogens with zero attached hydrogens (tertiary/aromatic N) is 2. The Hall–Kier alpha value is -2.93. The minimum absolute atomic E-state index is 0.199. The Kier molecular flexibility index (Phi) is 5.96. The zero-order chi connectivity index (χ0) is 22.0. The highest BCUT2D eigenvalue weighted by Crippen LogP contribution is 2.35. The average molecular weight is 424 g/mol. The normalized spacial score (nSPS) is 19.4. The van der Waals surface area contributed by atoms with Gasteiger partial charge in [0.25, 0.3) is 5.91 Å². The van der Waals surface area contributed by atoms with E-state index in [9.17, 15) is 9.90 Å². The second kappa shape index (κ2) is 8.67. The highest BCUT2D eigenvalue weighted by molar-refractivity contribution is 5.96. The Morgan fingerprint density at radius 1 is 1.26 bits per heavy atom. The summed E-state index contributed by atoms with van der Waals surface area (Å²) < 4.78 is 11.2. The van der Waals surface area contributed by atoms with E-state index in [4.69, 9.17) is 9.26 Å². The van der Waals surface area contributed by atoms with Crippen molar-refractivity contribution in [3.05, 3.63) is 47.8 Å². The van der Waals surface area contributed by atoms with Gasteiger partial charge in [-0.15, -0.1) is 0 Å². The molecule has 0 aliphatic heterocycles. The molecule has 4 rings (SSSR count). The number of aliphatic hydroxyl groups is 1. The van der Waals surface area contributed by atoms with Crippen molar-refractivity contribution in [2.75, 3.05) is 6.54 Å². The summed E-state index contributed by atoms with van der Waals surface area (Å²) in [5, 5.41) is 18.1. The van der Waals surface area contributed by atoms with Crippen molar-refractivity contribution >= 4 is 16.9 Å². The Balaban J connectivity index is 1.39.